The Morgan fingerprint density at radius 2 is 1.53 bits per heavy atom. The molecule has 1 aliphatic rings. The highest BCUT2D eigenvalue weighted by Crippen LogP contribution is 2.21. The largest absolute Gasteiger partial charge is 0.392 e. The van der Waals surface area contributed by atoms with Crippen LogP contribution in [0, 0.1) is 11.8 Å². The van der Waals surface area contributed by atoms with Crippen LogP contribution in [0.4, 0.5) is 0 Å². The second-order valence-corrected chi connectivity index (χ2v) is 13.4. The van der Waals surface area contributed by atoms with Gasteiger partial charge in [-0.25, -0.2) is 0 Å². The Hall–Kier alpha value is -3.88. The number of ketones is 1. The number of aliphatic hydroxyl groups excluding tert-OH is 2. The maximum atomic E-state index is 13.9. The van der Waals surface area contributed by atoms with Crippen LogP contribution < -0.4 is 27.0 Å². The summed E-state index contributed by atoms with van der Waals surface area (Å²) in [7, 11) is 1.51. The second-order valence-electron chi connectivity index (χ2n) is 13.4. The van der Waals surface area contributed by atoms with Crippen molar-refractivity contribution in [2.24, 2.45) is 17.6 Å². The zero-order valence-electron chi connectivity index (χ0n) is 29.6. The summed E-state index contributed by atoms with van der Waals surface area (Å²) in [4.78, 5) is 79.6. The summed E-state index contributed by atoms with van der Waals surface area (Å²) in [6, 6.07) is 2.62. The second kappa shape index (κ2) is 20.0. The Morgan fingerprint density at radius 3 is 2.06 bits per heavy atom. The van der Waals surface area contributed by atoms with Crippen molar-refractivity contribution in [2.45, 2.75) is 122 Å². The van der Waals surface area contributed by atoms with Crippen molar-refractivity contribution in [3.63, 3.8) is 0 Å². The predicted octanol–water partition coefficient (Wildman–Crippen LogP) is 0.451. The summed E-state index contributed by atoms with van der Waals surface area (Å²) in [5, 5.41) is 31.0. The number of amides is 5. The lowest BCUT2D eigenvalue weighted by molar-refractivity contribution is -0.145. The fourth-order valence-electron chi connectivity index (χ4n) is 5.42. The molecule has 5 amide bonds. The van der Waals surface area contributed by atoms with Gasteiger partial charge in [0.25, 0.3) is 0 Å². The number of rotatable bonds is 21. The fourth-order valence-corrected chi connectivity index (χ4v) is 5.42. The number of hydrogen-bond acceptors (Lipinski definition) is 9. The van der Waals surface area contributed by atoms with E-state index in [9.17, 15) is 39.0 Å². The van der Waals surface area contributed by atoms with Gasteiger partial charge in [-0.05, 0) is 31.2 Å². The van der Waals surface area contributed by atoms with Crippen LogP contribution in [-0.2, 0) is 28.8 Å². The van der Waals surface area contributed by atoms with E-state index in [0.29, 0.717) is 12.0 Å². The molecule has 8 atom stereocenters. The molecule has 1 unspecified atom stereocenters. The van der Waals surface area contributed by atoms with Crippen LogP contribution in [0.1, 0.15) is 91.2 Å². The van der Waals surface area contributed by atoms with Gasteiger partial charge in [-0.1, -0.05) is 83.7 Å². The first-order chi connectivity index (χ1) is 23.1. The first-order valence-electron chi connectivity index (χ1n) is 17.2. The van der Waals surface area contributed by atoms with Crippen molar-refractivity contribution in [3.05, 3.63) is 35.9 Å². The summed E-state index contributed by atoms with van der Waals surface area (Å²) < 4.78 is 0. The first kappa shape index (κ1) is 41.3. The third kappa shape index (κ3) is 12.8. The van der Waals surface area contributed by atoms with E-state index in [-0.39, 0.29) is 31.1 Å². The number of Topliss-reactive ketones (excluding diaryl/α,β-unsaturated/α-hetero) is 1. The molecule has 0 aromatic heterocycles. The summed E-state index contributed by atoms with van der Waals surface area (Å²) in [6.07, 6.45) is 2.56. The molecule has 1 fully saturated rings. The SMILES string of the molecule is CCCCCC[C@@H](O)[C@@H](C)C(=O)N(C)[C@@H](CC(C)C)C(=O)N[C@H](C(=O)N[C@@H](CN)C(=O)N[C@H](C(=O)NC1CC1=O)[C@H](C)O)c1ccccc1. The zero-order chi connectivity index (χ0) is 36.8. The van der Waals surface area contributed by atoms with E-state index in [1.54, 1.807) is 37.3 Å². The molecule has 49 heavy (non-hydrogen) atoms. The van der Waals surface area contributed by atoms with Crippen LogP contribution >= 0.6 is 0 Å². The molecular weight excluding hydrogens is 632 g/mol. The van der Waals surface area contributed by atoms with Crippen LogP contribution in [0.15, 0.2) is 30.3 Å². The van der Waals surface area contributed by atoms with E-state index >= 15 is 0 Å². The average Bonchev–Trinajstić information content (AvgIpc) is 3.77. The average molecular weight is 689 g/mol. The molecule has 0 saturated heterocycles. The standard InChI is InChI=1S/C35H56N6O8/c1-7-8-9-13-16-27(43)21(4)35(49)41(6)26(17-20(2)3)32(46)40-30(23-14-11-10-12-15-23)34(48)38-25(19-36)31(45)39-29(22(5)42)33(47)37-24-18-28(24)44/h10-12,14-15,20-22,24-27,29-30,42-43H,7-9,13,16-19,36H2,1-6H3,(H,37,47)(H,38,48)(H,39,45)(H,40,46)/t21-,22+,24?,25+,26+,27-,29+,30+/m1/s1. The zero-order valence-corrected chi connectivity index (χ0v) is 29.6. The minimum Gasteiger partial charge on any atom is -0.392 e. The number of likely N-dealkylation sites (N-methyl/N-ethyl adjacent to an activating group) is 1. The summed E-state index contributed by atoms with van der Waals surface area (Å²) in [6.45, 7) is 8.45. The topological polar surface area (TPSA) is 220 Å². The number of nitrogens with two attached hydrogens (primary N) is 1. The molecule has 0 radical (unpaired) electrons. The molecule has 0 aliphatic heterocycles. The van der Waals surface area contributed by atoms with Gasteiger partial charge in [-0.15, -0.1) is 0 Å². The monoisotopic (exact) mass is 688 g/mol. The van der Waals surface area contributed by atoms with E-state index < -0.39 is 77.9 Å². The Labute approximate surface area is 289 Å². The Kier molecular flexibility index (Phi) is 16.8. The van der Waals surface area contributed by atoms with Crippen LogP contribution in [-0.4, -0.2) is 100 Å². The highest BCUT2D eigenvalue weighted by molar-refractivity contribution is 6.04. The number of nitrogens with one attached hydrogen (secondary N) is 4. The van der Waals surface area contributed by atoms with Crippen molar-refractivity contribution in [3.8, 4) is 0 Å². The van der Waals surface area contributed by atoms with Crippen LogP contribution in [0.5, 0.6) is 0 Å². The van der Waals surface area contributed by atoms with Crippen molar-refractivity contribution in [1.29, 1.82) is 0 Å². The highest BCUT2D eigenvalue weighted by atomic mass is 16.3. The lowest BCUT2D eigenvalue weighted by Gasteiger charge is -2.33. The predicted molar refractivity (Wildman–Crippen MR) is 183 cm³/mol. The van der Waals surface area contributed by atoms with Gasteiger partial charge in [0, 0.05) is 20.0 Å². The Bertz CT molecular complexity index is 1280. The molecular formula is C35H56N6O8. The fraction of sp³-hybridized carbons (Fsp3) is 0.657. The van der Waals surface area contributed by atoms with Gasteiger partial charge >= 0.3 is 0 Å². The summed E-state index contributed by atoms with van der Waals surface area (Å²) in [5.74, 6) is -4.32. The number of carbonyl (C=O) groups is 6. The maximum Gasteiger partial charge on any atom is 0.247 e. The lowest BCUT2D eigenvalue weighted by Crippen LogP contribution is -2.60. The Morgan fingerprint density at radius 1 is 0.898 bits per heavy atom. The van der Waals surface area contributed by atoms with Gasteiger partial charge in [0.05, 0.1) is 24.2 Å². The third-order valence-corrected chi connectivity index (χ3v) is 8.70. The van der Waals surface area contributed by atoms with E-state index in [4.69, 9.17) is 5.73 Å². The number of carbonyl (C=O) groups excluding carboxylic acids is 6. The molecule has 14 nitrogen and oxygen atoms in total. The van der Waals surface area contributed by atoms with Crippen molar-refractivity contribution < 1.29 is 39.0 Å². The molecule has 1 aromatic carbocycles. The smallest absolute Gasteiger partial charge is 0.247 e. The molecule has 274 valence electrons. The molecule has 1 aliphatic carbocycles. The van der Waals surface area contributed by atoms with Crippen LogP contribution in [0.2, 0.25) is 0 Å². The van der Waals surface area contributed by atoms with Gasteiger partial charge in [0.1, 0.15) is 24.2 Å². The minimum absolute atomic E-state index is 0.00770. The molecule has 0 heterocycles. The number of unbranched alkanes of at least 4 members (excludes halogenated alkanes) is 3. The lowest BCUT2D eigenvalue weighted by atomic mass is 9.95. The van der Waals surface area contributed by atoms with E-state index in [1.165, 1.54) is 18.9 Å². The minimum atomic E-state index is -1.42. The van der Waals surface area contributed by atoms with Gasteiger partial charge in [0.2, 0.25) is 29.5 Å². The van der Waals surface area contributed by atoms with Gasteiger partial charge in [-0.3, -0.25) is 28.8 Å². The van der Waals surface area contributed by atoms with Gasteiger partial charge < -0.3 is 42.1 Å². The maximum absolute atomic E-state index is 13.9. The highest BCUT2D eigenvalue weighted by Gasteiger charge is 2.40. The summed E-state index contributed by atoms with van der Waals surface area (Å²) in [5.41, 5.74) is 6.23. The van der Waals surface area contributed by atoms with Crippen molar-refractivity contribution in [2.75, 3.05) is 13.6 Å². The molecule has 14 heteroatoms. The third-order valence-electron chi connectivity index (χ3n) is 8.70. The first-order valence-corrected chi connectivity index (χ1v) is 17.2. The van der Waals surface area contributed by atoms with Gasteiger partial charge in [-0.2, -0.15) is 0 Å². The van der Waals surface area contributed by atoms with E-state index in [0.717, 1.165) is 25.7 Å². The van der Waals surface area contributed by atoms with Gasteiger partial charge in [0.15, 0.2) is 5.78 Å². The molecule has 2 rings (SSSR count). The van der Waals surface area contributed by atoms with E-state index in [2.05, 4.69) is 28.2 Å². The van der Waals surface area contributed by atoms with E-state index in [1.807, 2.05) is 13.8 Å². The number of aliphatic hydroxyl groups is 2. The van der Waals surface area contributed by atoms with Crippen LogP contribution in [0.25, 0.3) is 0 Å². The van der Waals surface area contributed by atoms with Crippen molar-refractivity contribution >= 4 is 35.3 Å². The Balaban J connectivity index is 2.24. The van der Waals surface area contributed by atoms with Crippen LogP contribution in [0.3, 0.4) is 0 Å². The molecule has 1 saturated carbocycles. The normalized spacial score (nSPS) is 18.2. The molecule has 0 spiro atoms. The molecule has 1 aromatic rings. The molecule has 0 bridgehead atoms. The summed E-state index contributed by atoms with van der Waals surface area (Å²) >= 11 is 0. The number of hydrogen-bond donors (Lipinski definition) is 7. The molecule has 8 N–H and O–H groups in total. The number of nitrogens with zero attached hydrogens (tertiary/aromatic N) is 1. The number of benzene rings is 1. The quantitative estimate of drug-likeness (QED) is 0.0891. The van der Waals surface area contributed by atoms with Crippen molar-refractivity contribution in [1.82, 2.24) is 26.2 Å².